The van der Waals surface area contributed by atoms with Gasteiger partial charge in [0.25, 0.3) is 0 Å². The molecule has 106 valence electrons. The summed E-state index contributed by atoms with van der Waals surface area (Å²) >= 11 is 3.48. The van der Waals surface area contributed by atoms with Crippen molar-refractivity contribution in [3.8, 4) is 11.5 Å². The third-order valence-corrected chi connectivity index (χ3v) is 3.81. The molecule has 3 heteroatoms. The Balaban J connectivity index is 1.77. The van der Waals surface area contributed by atoms with Gasteiger partial charge in [-0.1, -0.05) is 40.2 Å². The lowest BCUT2D eigenvalue weighted by Gasteiger charge is -2.09. The summed E-state index contributed by atoms with van der Waals surface area (Å²) in [6, 6.07) is 20.2. The first-order valence-electron chi connectivity index (χ1n) is 6.70. The van der Waals surface area contributed by atoms with Gasteiger partial charge in [-0.25, -0.2) is 0 Å². The lowest BCUT2D eigenvalue weighted by atomic mass is 10.1. The van der Waals surface area contributed by atoms with Crippen LogP contribution >= 0.6 is 15.9 Å². The maximum Gasteiger partial charge on any atom is 0.120 e. The molecule has 0 N–H and O–H groups in total. The Bertz CT molecular complexity index is 768. The molecule has 0 aliphatic heterocycles. The number of rotatable bonds is 4. The monoisotopic (exact) mass is 342 g/mol. The molecule has 0 radical (unpaired) electrons. The number of hydrogen-bond acceptors (Lipinski definition) is 2. The highest BCUT2D eigenvalue weighted by molar-refractivity contribution is 9.10. The third-order valence-electron chi connectivity index (χ3n) is 3.31. The lowest BCUT2D eigenvalue weighted by molar-refractivity contribution is 0.305. The van der Waals surface area contributed by atoms with E-state index < -0.39 is 0 Å². The average molecular weight is 343 g/mol. The third kappa shape index (κ3) is 3.37. The highest BCUT2D eigenvalue weighted by Crippen LogP contribution is 2.25. The van der Waals surface area contributed by atoms with Crippen LogP contribution in [0.15, 0.2) is 65.1 Å². The van der Waals surface area contributed by atoms with Crippen molar-refractivity contribution in [3.63, 3.8) is 0 Å². The Morgan fingerprint density at radius 2 is 1.67 bits per heavy atom. The van der Waals surface area contributed by atoms with Gasteiger partial charge in [-0.05, 0) is 52.7 Å². The van der Waals surface area contributed by atoms with Crippen molar-refractivity contribution in [1.82, 2.24) is 0 Å². The SMILES string of the molecule is COc1cccc(COc2ccc3cc(Br)ccc3c2)c1. The van der Waals surface area contributed by atoms with E-state index in [0.29, 0.717) is 6.61 Å². The fraction of sp³-hybridized carbons (Fsp3) is 0.111. The van der Waals surface area contributed by atoms with E-state index in [-0.39, 0.29) is 0 Å². The van der Waals surface area contributed by atoms with Crippen LogP contribution in [0.5, 0.6) is 11.5 Å². The molecule has 0 fully saturated rings. The topological polar surface area (TPSA) is 18.5 Å². The molecule has 0 heterocycles. The van der Waals surface area contributed by atoms with Crippen LogP contribution in [-0.2, 0) is 6.61 Å². The van der Waals surface area contributed by atoms with Crippen molar-refractivity contribution < 1.29 is 9.47 Å². The highest BCUT2D eigenvalue weighted by Gasteiger charge is 2.00. The van der Waals surface area contributed by atoms with E-state index in [9.17, 15) is 0 Å². The molecular weight excluding hydrogens is 328 g/mol. The summed E-state index contributed by atoms with van der Waals surface area (Å²) in [5.74, 6) is 1.71. The zero-order chi connectivity index (χ0) is 14.7. The Kier molecular flexibility index (Phi) is 4.11. The van der Waals surface area contributed by atoms with Gasteiger partial charge in [0.2, 0.25) is 0 Å². The van der Waals surface area contributed by atoms with E-state index in [1.807, 2.05) is 36.4 Å². The van der Waals surface area contributed by atoms with E-state index in [1.165, 1.54) is 10.8 Å². The maximum absolute atomic E-state index is 5.86. The van der Waals surface area contributed by atoms with Crippen LogP contribution < -0.4 is 9.47 Å². The second kappa shape index (κ2) is 6.19. The van der Waals surface area contributed by atoms with Crippen LogP contribution in [0.4, 0.5) is 0 Å². The number of halogens is 1. The number of benzene rings is 3. The molecule has 0 saturated carbocycles. The second-order valence-electron chi connectivity index (χ2n) is 4.79. The molecule has 0 bridgehead atoms. The molecule has 0 aliphatic rings. The van der Waals surface area contributed by atoms with E-state index in [1.54, 1.807) is 7.11 Å². The molecule has 2 nitrogen and oxygen atoms in total. The van der Waals surface area contributed by atoms with Gasteiger partial charge in [0.05, 0.1) is 7.11 Å². The maximum atomic E-state index is 5.86. The van der Waals surface area contributed by atoms with Crippen LogP contribution in [0, 0.1) is 0 Å². The zero-order valence-electron chi connectivity index (χ0n) is 11.7. The summed E-state index contributed by atoms with van der Waals surface area (Å²) in [5.41, 5.74) is 1.09. The van der Waals surface area contributed by atoms with Gasteiger partial charge in [0, 0.05) is 4.47 Å². The molecule has 0 aromatic heterocycles. The van der Waals surface area contributed by atoms with Gasteiger partial charge in [-0.2, -0.15) is 0 Å². The summed E-state index contributed by atoms with van der Waals surface area (Å²) in [6.07, 6.45) is 0. The van der Waals surface area contributed by atoms with Crippen LogP contribution in [0.25, 0.3) is 10.8 Å². The first-order chi connectivity index (χ1) is 10.2. The molecular formula is C18H15BrO2. The van der Waals surface area contributed by atoms with E-state index >= 15 is 0 Å². The minimum Gasteiger partial charge on any atom is -0.497 e. The molecule has 0 atom stereocenters. The van der Waals surface area contributed by atoms with Gasteiger partial charge in [-0.15, -0.1) is 0 Å². The van der Waals surface area contributed by atoms with E-state index in [0.717, 1.165) is 21.5 Å². The smallest absolute Gasteiger partial charge is 0.120 e. The van der Waals surface area contributed by atoms with Crippen LogP contribution in [0.3, 0.4) is 0 Å². The van der Waals surface area contributed by atoms with Crippen molar-refractivity contribution in [2.45, 2.75) is 6.61 Å². The largest absolute Gasteiger partial charge is 0.497 e. The summed E-state index contributed by atoms with van der Waals surface area (Å²) < 4.78 is 12.2. The minimum atomic E-state index is 0.527. The van der Waals surface area contributed by atoms with Crippen molar-refractivity contribution >= 4 is 26.7 Å². The Labute approximate surface area is 132 Å². The summed E-state index contributed by atoms with van der Waals surface area (Å²) in [4.78, 5) is 0. The Morgan fingerprint density at radius 1 is 0.857 bits per heavy atom. The van der Waals surface area contributed by atoms with Crippen LogP contribution in [-0.4, -0.2) is 7.11 Å². The summed E-state index contributed by atoms with van der Waals surface area (Å²) in [5, 5.41) is 2.36. The molecule has 0 amide bonds. The van der Waals surface area contributed by atoms with E-state index in [4.69, 9.17) is 9.47 Å². The van der Waals surface area contributed by atoms with Gasteiger partial charge in [0.1, 0.15) is 18.1 Å². The normalized spacial score (nSPS) is 10.6. The zero-order valence-corrected chi connectivity index (χ0v) is 13.3. The number of hydrogen-bond donors (Lipinski definition) is 0. The fourth-order valence-corrected chi connectivity index (χ4v) is 2.59. The van der Waals surface area contributed by atoms with Crippen molar-refractivity contribution in [2.75, 3.05) is 7.11 Å². The molecule has 3 aromatic rings. The molecule has 21 heavy (non-hydrogen) atoms. The van der Waals surface area contributed by atoms with Crippen molar-refractivity contribution in [3.05, 3.63) is 70.7 Å². The minimum absolute atomic E-state index is 0.527. The standard InChI is InChI=1S/C18H15BrO2/c1-20-17-4-2-3-13(9-17)12-21-18-8-6-14-10-16(19)7-5-15(14)11-18/h2-11H,12H2,1H3. The average Bonchev–Trinajstić information content (AvgIpc) is 2.53. The van der Waals surface area contributed by atoms with Crippen molar-refractivity contribution in [2.24, 2.45) is 0 Å². The van der Waals surface area contributed by atoms with Gasteiger partial charge in [-0.3, -0.25) is 0 Å². The Hall–Kier alpha value is -2.00. The summed E-state index contributed by atoms with van der Waals surface area (Å²) in [7, 11) is 1.67. The van der Waals surface area contributed by atoms with E-state index in [2.05, 4.69) is 40.2 Å². The summed E-state index contributed by atoms with van der Waals surface area (Å²) in [6.45, 7) is 0.527. The first kappa shape index (κ1) is 14.0. The molecule has 0 spiro atoms. The number of fused-ring (bicyclic) bond motifs is 1. The highest BCUT2D eigenvalue weighted by atomic mass is 79.9. The van der Waals surface area contributed by atoms with Crippen LogP contribution in [0.2, 0.25) is 0 Å². The molecule has 0 unspecified atom stereocenters. The fourth-order valence-electron chi connectivity index (χ4n) is 2.21. The predicted octanol–water partition coefficient (Wildman–Crippen LogP) is 5.19. The van der Waals surface area contributed by atoms with Crippen LogP contribution in [0.1, 0.15) is 5.56 Å². The Morgan fingerprint density at radius 3 is 2.52 bits per heavy atom. The lowest BCUT2D eigenvalue weighted by Crippen LogP contribution is -1.96. The predicted molar refractivity (Wildman–Crippen MR) is 89.0 cm³/mol. The molecule has 0 aliphatic carbocycles. The van der Waals surface area contributed by atoms with Gasteiger partial charge >= 0.3 is 0 Å². The van der Waals surface area contributed by atoms with Gasteiger partial charge < -0.3 is 9.47 Å². The first-order valence-corrected chi connectivity index (χ1v) is 7.49. The molecule has 3 aromatic carbocycles. The second-order valence-corrected chi connectivity index (χ2v) is 5.71. The van der Waals surface area contributed by atoms with Crippen molar-refractivity contribution in [1.29, 1.82) is 0 Å². The number of ether oxygens (including phenoxy) is 2. The molecule has 3 rings (SSSR count). The quantitative estimate of drug-likeness (QED) is 0.649. The number of methoxy groups -OCH3 is 1. The molecule has 0 saturated heterocycles. The van der Waals surface area contributed by atoms with Gasteiger partial charge in [0.15, 0.2) is 0 Å².